The van der Waals surface area contributed by atoms with Crippen molar-refractivity contribution in [3.05, 3.63) is 78.0 Å². The Hall–Kier alpha value is -2.72. The van der Waals surface area contributed by atoms with Gasteiger partial charge in [0, 0.05) is 23.7 Å². The molecule has 2 aromatic carbocycles. The first-order valence-electron chi connectivity index (χ1n) is 10.1. The Labute approximate surface area is 167 Å². The number of nitrogens with one attached hydrogen (secondary N) is 1. The number of fused-ring (bicyclic) bond motifs is 1. The molecule has 1 amide bonds. The van der Waals surface area contributed by atoms with Crippen LogP contribution < -0.4 is 5.32 Å². The van der Waals surface area contributed by atoms with Gasteiger partial charge in [-0.05, 0) is 49.3 Å². The zero-order valence-electron chi connectivity index (χ0n) is 16.8. The number of likely N-dealkylation sites (N-methyl/N-ethyl adjacent to an activating group) is 1. The molecule has 1 unspecified atom stereocenters. The SMILES string of the molecule is CCCCN(CC)CC(NC(=O)c1ccc2ncccc2c1)c1ccccc1. The van der Waals surface area contributed by atoms with Gasteiger partial charge in [0.25, 0.3) is 5.91 Å². The molecule has 0 saturated carbocycles. The fraction of sp³-hybridized carbons (Fsp3) is 0.333. The maximum absolute atomic E-state index is 13.0. The van der Waals surface area contributed by atoms with E-state index in [4.69, 9.17) is 0 Å². The van der Waals surface area contributed by atoms with E-state index >= 15 is 0 Å². The van der Waals surface area contributed by atoms with E-state index in [2.05, 4.69) is 41.2 Å². The topological polar surface area (TPSA) is 45.2 Å². The molecule has 0 aliphatic rings. The molecule has 1 N–H and O–H groups in total. The van der Waals surface area contributed by atoms with Crippen LogP contribution in [0.5, 0.6) is 0 Å². The number of aromatic nitrogens is 1. The molecule has 0 radical (unpaired) electrons. The van der Waals surface area contributed by atoms with Gasteiger partial charge in [0.1, 0.15) is 0 Å². The monoisotopic (exact) mass is 375 g/mol. The standard InChI is InChI=1S/C24H29N3O/c1-3-5-16-27(4-2)18-23(19-10-7-6-8-11-19)26-24(28)21-13-14-22-20(17-21)12-9-15-25-22/h6-15,17,23H,3-5,16,18H2,1-2H3,(H,26,28). The molecule has 3 rings (SSSR count). The Morgan fingerprint density at radius 1 is 1.07 bits per heavy atom. The van der Waals surface area contributed by atoms with Crippen LogP contribution in [0.25, 0.3) is 10.9 Å². The highest BCUT2D eigenvalue weighted by atomic mass is 16.1. The summed E-state index contributed by atoms with van der Waals surface area (Å²) in [6.45, 7) is 7.21. The number of rotatable bonds is 9. The van der Waals surface area contributed by atoms with Crippen molar-refractivity contribution in [3.8, 4) is 0 Å². The minimum Gasteiger partial charge on any atom is -0.344 e. The summed E-state index contributed by atoms with van der Waals surface area (Å²) in [5.74, 6) is -0.0499. The average molecular weight is 376 g/mol. The van der Waals surface area contributed by atoms with Crippen LogP contribution in [0.4, 0.5) is 0 Å². The maximum Gasteiger partial charge on any atom is 0.251 e. The lowest BCUT2D eigenvalue weighted by atomic mass is 10.0. The van der Waals surface area contributed by atoms with Gasteiger partial charge in [0.05, 0.1) is 11.6 Å². The number of benzene rings is 2. The molecule has 0 spiro atoms. The number of hydrogen-bond acceptors (Lipinski definition) is 3. The summed E-state index contributed by atoms with van der Waals surface area (Å²) in [5.41, 5.74) is 2.70. The average Bonchev–Trinajstić information content (AvgIpc) is 2.76. The number of carbonyl (C=O) groups is 1. The zero-order valence-corrected chi connectivity index (χ0v) is 16.8. The van der Waals surface area contributed by atoms with E-state index < -0.39 is 0 Å². The third kappa shape index (κ3) is 5.17. The fourth-order valence-electron chi connectivity index (χ4n) is 3.40. The molecular formula is C24H29N3O. The van der Waals surface area contributed by atoms with E-state index in [9.17, 15) is 4.79 Å². The van der Waals surface area contributed by atoms with E-state index in [1.165, 1.54) is 12.8 Å². The highest BCUT2D eigenvalue weighted by Crippen LogP contribution is 2.18. The van der Waals surface area contributed by atoms with E-state index in [-0.39, 0.29) is 11.9 Å². The summed E-state index contributed by atoms with van der Waals surface area (Å²) in [6.07, 6.45) is 4.11. The summed E-state index contributed by atoms with van der Waals surface area (Å²) in [6, 6.07) is 19.7. The molecule has 1 heterocycles. The summed E-state index contributed by atoms with van der Waals surface area (Å²) in [5, 5.41) is 4.23. The lowest BCUT2D eigenvalue weighted by Crippen LogP contribution is -2.38. The molecule has 0 bridgehead atoms. The second kappa shape index (κ2) is 10.00. The maximum atomic E-state index is 13.0. The number of hydrogen-bond donors (Lipinski definition) is 1. The molecule has 0 aliphatic heterocycles. The Bertz CT molecular complexity index is 895. The summed E-state index contributed by atoms with van der Waals surface area (Å²) < 4.78 is 0. The minimum atomic E-state index is -0.0499. The van der Waals surface area contributed by atoms with Crippen LogP contribution in [0.15, 0.2) is 66.9 Å². The number of nitrogens with zero attached hydrogens (tertiary/aromatic N) is 2. The van der Waals surface area contributed by atoms with Gasteiger partial charge >= 0.3 is 0 Å². The van der Waals surface area contributed by atoms with Crippen molar-refractivity contribution in [1.82, 2.24) is 15.2 Å². The van der Waals surface area contributed by atoms with Crippen molar-refractivity contribution in [2.45, 2.75) is 32.7 Å². The van der Waals surface area contributed by atoms with Crippen LogP contribution in [0.2, 0.25) is 0 Å². The molecule has 146 valence electrons. The van der Waals surface area contributed by atoms with Crippen LogP contribution in [-0.4, -0.2) is 35.4 Å². The Balaban J connectivity index is 1.80. The second-order valence-electron chi connectivity index (χ2n) is 7.09. The van der Waals surface area contributed by atoms with Gasteiger partial charge in [-0.1, -0.05) is 56.7 Å². The van der Waals surface area contributed by atoms with Gasteiger partial charge in [-0.25, -0.2) is 0 Å². The molecule has 28 heavy (non-hydrogen) atoms. The molecule has 0 saturated heterocycles. The van der Waals surface area contributed by atoms with Crippen LogP contribution in [-0.2, 0) is 0 Å². The summed E-state index contributed by atoms with van der Waals surface area (Å²) >= 11 is 0. The zero-order chi connectivity index (χ0) is 19.8. The van der Waals surface area contributed by atoms with Crippen molar-refractivity contribution in [2.24, 2.45) is 0 Å². The minimum absolute atomic E-state index is 0.0462. The van der Waals surface area contributed by atoms with Crippen molar-refractivity contribution >= 4 is 16.8 Å². The van der Waals surface area contributed by atoms with Crippen LogP contribution in [0.3, 0.4) is 0 Å². The molecule has 0 aliphatic carbocycles. The van der Waals surface area contributed by atoms with Gasteiger partial charge in [-0.2, -0.15) is 0 Å². The van der Waals surface area contributed by atoms with Gasteiger partial charge in [0.15, 0.2) is 0 Å². The quantitative estimate of drug-likeness (QED) is 0.583. The van der Waals surface area contributed by atoms with Gasteiger partial charge < -0.3 is 10.2 Å². The molecule has 0 fully saturated rings. The molecule has 1 aromatic heterocycles. The Morgan fingerprint density at radius 3 is 2.64 bits per heavy atom. The lowest BCUT2D eigenvalue weighted by molar-refractivity contribution is 0.0924. The van der Waals surface area contributed by atoms with Crippen LogP contribution in [0, 0.1) is 0 Å². The van der Waals surface area contributed by atoms with Gasteiger partial charge in [-0.15, -0.1) is 0 Å². The third-order valence-corrected chi connectivity index (χ3v) is 5.09. The number of carbonyl (C=O) groups excluding carboxylic acids is 1. The van der Waals surface area contributed by atoms with E-state index in [1.54, 1.807) is 6.20 Å². The van der Waals surface area contributed by atoms with E-state index in [0.717, 1.165) is 36.1 Å². The normalized spacial score (nSPS) is 12.2. The van der Waals surface area contributed by atoms with Crippen molar-refractivity contribution in [2.75, 3.05) is 19.6 Å². The first kappa shape index (κ1) is 20.0. The third-order valence-electron chi connectivity index (χ3n) is 5.09. The van der Waals surface area contributed by atoms with Gasteiger partial charge in [0.2, 0.25) is 0 Å². The fourth-order valence-corrected chi connectivity index (χ4v) is 3.40. The van der Waals surface area contributed by atoms with E-state index in [0.29, 0.717) is 5.56 Å². The Kier molecular flexibility index (Phi) is 7.15. The smallest absolute Gasteiger partial charge is 0.251 e. The molecule has 4 heteroatoms. The van der Waals surface area contributed by atoms with Crippen molar-refractivity contribution < 1.29 is 4.79 Å². The first-order valence-corrected chi connectivity index (χ1v) is 10.1. The molecular weight excluding hydrogens is 346 g/mol. The largest absolute Gasteiger partial charge is 0.344 e. The van der Waals surface area contributed by atoms with Gasteiger partial charge in [-0.3, -0.25) is 9.78 Å². The number of amides is 1. The molecule has 1 atom stereocenters. The van der Waals surface area contributed by atoms with Crippen molar-refractivity contribution in [1.29, 1.82) is 0 Å². The molecule has 3 aromatic rings. The molecule has 4 nitrogen and oxygen atoms in total. The number of unbranched alkanes of at least 4 members (excludes halogenated alkanes) is 1. The Morgan fingerprint density at radius 2 is 1.89 bits per heavy atom. The van der Waals surface area contributed by atoms with E-state index in [1.807, 2.05) is 48.5 Å². The van der Waals surface area contributed by atoms with Crippen LogP contribution >= 0.6 is 0 Å². The highest BCUT2D eigenvalue weighted by Gasteiger charge is 2.18. The predicted octanol–water partition coefficient (Wildman–Crippen LogP) is 4.83. The second-order valence-corrected chi connectivity index (χ2v) is 7.09. The predicted molar refractivity (Wildman–Crippen MR) is 115 cm³/mol. The summed E-state index contributed by atoms with van der Waals surface area (Å²) in [7, 11) is 0. The van der Waals surface area contributed by atoms with Crippen LogP contribution in [0.1, 0.15) is 48.7 Å². The lowest BCUT2D eigenvalue weighted by Gasteiger charge is -2.27. The first-order chi connectivity index (χ1) is 13.7. The number of pyridine rings is 1. The van der Waals surface area contributed by atoms with Crippen molar-refractivity contribution in [3.63, 3.8) is 0 Å². The highest BCUT2D eigenvalue weighted by molar-refractivity contribution is 5.98. The summed E-state index contributed by atoms with van der Waals surface area (Å²) in [4.78, 5) is 19.7.